The Hall–Kier alpha value is -3.08. The van der Waals surface area contributed by atoms with Crippen molar-refractivity contribution in [3.8, 4) is 0 Å². The van der Waals surface area contributed by atoms with E-state index in [9.17, 15) is 0 Å². The number of nitrogens with zero attached hydrogens (tertiary/aromatic N) is 3. The Kier molecular flexibility index (Phi) is 4.84. The van der Waals surface area contributed by atoms with Crippen molar-refractivity contribution >= 4 is 28.7 Å². The molecule has 5 nitrogen and oxygen atoms in total. The molecule has 0 aliphatic carbocycles. The summed E-state index contributed by atoms with van der Waals surface area (Å²) in [6, 6.07) is 18.4. The third-order valence-corrected chi connectivity index (χ3v) is 3.82. The maximum atomic E-state index is 4.47. The van der Waals surface area contributed by atoms with E-state index < -0.39 is 0 Å². The first-order chi connectivity index (χ1) is 12.0. The van der Waals surface area contributed by atoms with E-state index in [1.54, 1.807) is 0 Å². The molecule has 0 saturated heterocycles. The lowest BCUT2D eigenvalue weighted by Crippen LogP contribution is -2.08. The lowest BCUT2D eigenvalue weighted by Gasteiger charge is -2.14. The molecule has 1 aromatic heterocycles. The summed E-state index contributed by atoms with van der Waals surface area (Å²) in [5, 5.41) is 6.66. The van der Waals surface area contributed by atoms with Crippen LogP contribution in [0.15, 0.2) is 54.6 Å². The molecule has 0 unspecified atom stereocenters. The predicted octanol–water partition coefficient (Wildman–Crippen LogP) is 4.65. The Morgan fingerprint density at radius 1 is 0.720 bits per heavy atom. The minimum Gasteiger partial charge on any atom is -0.378 e. The van der Waals surface area contributed by atoms with E-state index >= 15 is 0 Å². The fourth-order valence-corrected chi connectivity index (χ4v) is 2.47. The summed E-state index contributed by atoms with van der Waals surface area (Å²) in [4.78, 5) is 11.0. The van der Waals surface area contributed by atoms with Gasteiger partial charge in [0.15, 0.2) is 0 Å². The monoisotopic (exact) mass is 333 g/mol. The lowest BCUT2D eigenvalue weighted by atomic mass is 10.2. The van der Waals surface area contributed by atoms with E-state index in [1.807, 2.05) is 51.4 Å². The molecule has 2 aromatic carbocycles. The van der Waals surface area contributed by atoms with Crippen LogP contribution in [0.5, 0.6) is 0 Å². The second kappa shape index (κ2) is 7.21. The molecule has 0 amide bonds. The summed E-state index contributed by atoms with van der Waals surface area (Å²) >= 11 is 0. The standard InChI is InChI=1S/C20H23N5/c1-14-5-7-16(8-6-14)23-19-13-20(22-15(2)21-19)24-17-9-11-18(12-10-17)25(3)4/h5-13H,1-4H3,(H2,21,22,23,24). The number of nitrogens with one attached hydrogen (secondary N) is 2. The number of hydrogen-bond acceptors (Lipinski definition) is 5. The molecule has 0 aliphatic heterocycles. The first kappa shape index (κ1) is 16.8. The van der Waals surface area contributed by atoms with E-state index in [2.05, 4.69) is 56.7 Å². The summed E-state index contributed by atoms with van der Waals surface area (Å²) < 4.78 is 0. The van der Waals surface area contributed by atoms with E-state index in [0.717, 1.165) is 28.7 Å². The summed E-state index contributed by atoms with van der Waals surface area (Å²) in [7, 11) is 4.05. The van der Waals surface area contributed by atoms with Crippen molar-refractivity contribution in [1.29, 1.82) is 0 Å². The molecule has 1 heterocycles. The highest BCUT2D eigenvalue weighted by atomic mass is 15.1. The molecule has 128 valence electrons. The van der Waals surface area contributed by atoms with Crippen LogP contribution in [0.4, 0.5) is 28.7 Å². The van der Waals surface area contributed by atoms with Gasteiger partial charge in [-0.15, -0.1) is 0 Å². The van der Waals surface area contributed by atoms with Gasteiger partial charge in [-0.3, -0.25) is 0 Å². The van der Waals surface area contributed by atoms with Gasteiger partial charge in [0.25, 0.3) is 0 Å². The number of rotatable bonds is 5. The van der Waals surface area contributed by atoms with Crippen LogP contribution in [0, 0.1) is 13.8 Å². The molecule has 0 aliphatic rings. The maximum Gasteiger partial charge on any atom is 0.136 e. The fraction of sp³-hybridized carbons (Fsp3) is 0.200. The van der Waals surface area contributed by atoms with E-state index in [-0.39, 0.29) is 0 Å². The van der Waals surface area contributed by atoms with Crippen molar-refractivity contribution in [2.45, 2.75) is 13.8 Å². The van der Waals surface area contributed by atoms with Gasteiger partial charge in [0, 0.05) is 37.2 Å². The van der Waals surface area contributed by atoms with Crippen LogP contribution < -0.4 is 15.5 Å². The molecule has 0 spiro atoms. The zero-order valence-corrected chi connectivity index (χ0v) is 15.0. The Balaban J connectivity index is 1.77. The van der Waals surface area contributed by atoms with E-state index in [0.29, 0.717) is 5.82 Å². The van der Waals surface area contributed by atoms with Gasteiger partial charge in [-0.2, -0.15) is 0 Å². The zero-order chi connectivity index (χ0) is 17.8. The van der Waals surface area contributed by atoms with Crippen LogP contribution in [0.2, 0.25) is 0 Å². The van der Waals surface area contributed by atoms with Crippen molar-refractivity contribution in [3.63, 3.8) is 0 Å². The SMILES string of the molecule is Cc1ccc(Nc2cc(Nc3ccc(N(C)C)cc3)nc(C)n2)cc1. The molecule has 3 aromatic rings. The Morgan fingerprint density at radius 2 is 1.20 bits per heavy atom. The van der Waals surface area contributed by atoms with Gasteiger partial charge in [0.1, 0.15) is 17.5 Å². The van der Waals surface area contributed by atoms with Crippen molar-refractivity contribution in [1.82, 2.24) is 9.97 Å². The largest absolute Gasteiger partial charge is 0.378 e. The smallest absolute Gasteiger partial charge is 0.136 e. The van der Waals surface area contributed by atoms with Gasteiger partial charge in [-0.1, -0.05) is 17.7 Å². The van der Waals surface area contributed by atoms with Gasteiger partial charge in [-0.25, -0.2) is 9.97 Å². The highest BCUT2D eigenvalue weighted by Crippen LogP contribution is 2.22. The average molecular weight is 333 g/mol. The normalized spacial score (nSPS) is 10.4. The third kappa shape index (κ3) is 4.47. The van der Waals surface area contributed by atoms with Crippen LogP contribution in [0.3, 0.4) is 0 Å². The van der Waals surface area contributed by atoms with Crippen LogP contribution in [-0.2, 0) is 0 Å². The zero-order valence-electron chi connectivity index (χ0n) is 15.0. The van der Waals surface area contributed by atoms with Crippen LogP contribution in [0.1, 0.15) is 11.4 Å². The summed E-state index contributed by atoms with van der Waals surface area (Å²) in [5.41, 5.74) is 4.38. The molecule has 0 saturated carbocycles. The molecule has 0 radical (unpaired) electrons. The minimum atomic E-state index is 0.713. The van der Waals surface area contributed by atoms with Crippen molar-refractivity contribution < 1.29 is 0 Å². The summed E-state index contributed by atoms with van der Waals surface area (Å²) in [5.74, 6) is 2.24. The van der Waals surface area contributed by atoms with Crippen molar-refractivity contribution in [2.75, 3.05) is 29.6 Å². The second-order valence-corrected chi connectivity index (χ2v) is 6.24. The molecule has 25 heavy (non-hydrogen) atoms. The van der Waals surface area contributed by atoms with Gasteiger partial charge in [-0.05, 0) is 50.2 Å². The number of benzene rings is 2. The first-order valence-electron chi connectivity index (χ1n) is 8.23. The number of anilines is 5. The molecule has 2 N–H and O–H groups in total. The van der Waals surface area contributed by atoms with Crippen LogP contribution in [-0.4, -0.2) is 24.1 Å². The maximum absolute atomic E-state index is 4.47. The predicted molar refractivity (Wildman–Crippen MR) is 105 cm³/mol. The van der Waals surface area contributed by atoms with Crippen LogP contribution >= 0.6 is 0 Å². The number of aryl methyl sites for hydroxylation is 2. The van der Waals surface area contributed by atoms with Gasteiger partial charge < -0.3 is 15.5 Å². The molecular formula is C20H23N5. The quantitative estimate of drug-likeness (QED) is 0.712. The van der Waals surface area contributed by atoms with Gasteiger partial charge in [0.05, 0.1) is 0 Å². The minimum absolute atomic E-state index is 0.713. The molecule has 3 rings (SSSR count). The van der Waals surface area contributed by atoms with Gasteiger partial charge in [0.2, 0.25) is 0 Å². The highest BCUT2D eigenvalue weighted by molar-refractivity contribution is 5.64. The fourth-order valence-electron chi connectivity index (χ4n) is 2.47. The average Bonchev–Trinajstić information content (AvgIpc) is 2.57. The van der Waals surface area contributed by atoms with E-state index in [4.69, 9.17) is 0 Å². The molecular weight excluding hydrogens is 310 g/mol. The summed E-state index contributed by atoms with van der Waals surface area (Å²) in [6.45, 7) is 3.96. The van der Waals surface area contributed by atoms with Crippen LogP contribution in [0.25, 0.3) is 0 Å². The Bertz CT molecular complexity index is 839. The second-order valence-electron chi connectivity index (χ2n) is 6.24. The Labute approximate surface area is 148 Å². The Morgan fingerprint density at radius 3 is 1.68 bits per heavy atom. The number of aromatic nitrogens is 2. The van der Waals surface area contributed by atoms with E-state index in [1.165, 1.54) is 5.56 Å². The first-order valence-corrected chi connectivity index (χ1v) is 8.23. The van der Waals surface area contributed by atoms with Crippen molar-refractivity contribution in [3.05, 3.63) is 66.0 Å². The topological polar surface area (TPSA) is 53.1 Å². The number of hydrogen-bond donors (Lipinski definition) is 2. The highest BCUT2D eigenvalue weighted by Gasteiger charge is 2.04. The molecule has 0 fully saturated rings. The summed E-state index contributed by atoms with van der Waals surface area (Å²) in [6.07, 6.45) is 0. The molecule has 5 heteroatoms. The third-order valence-electron chi connectivity index (χ3n) is 3.82. The van der Waals surface area contributed by atoms with Crippen molar-refractivity contribution in [2.24, 2.45) is 0 Å². The molecule has 0 bridgehead atoms. The molecule has 0 atom stereocenters. The lowest BCUT2D eigenvalue weighted by molar-refractivity contribution is 1.06. The van der Waals surface area contributed by atoms with Gasteiger partial charge >= 0.3 is 0 Å².